The van der Waals surface area contributed by atoms with Gasteiger partial charge < -0.3 is 13.9 Å². The summed E-state index contributed by atoms with van der Waals surface area (Å²) in [6.07, 6.45) is 0. The first kappa shape index (κ1) is 40.1. The highest BCUT2D eigenvalue weighted by Crippen LogP contribution is 2.46. The van der Waals surface area contributed by atoms with E-state index in [-0.39, 0.29) is 0 Å². The van der Waals surface area contributed by atoms with E-state index in [0.29, 0.717) is 0 Å². The topological polar surface area (TPSA) is 21.3 Å². The molecule has 0 saturated heterocycles. The highest BCUT2D eigenvalue weighted by atomic mass is 16.3. The molecule has 13 rings (SSSR count). The van der Waals surface area contributed by atoms with Gasteiger partial charge in [0.2, 0.25) is 0 Å². The summed E-state index contributed by atoms with van der Waals surface area (Å²) in [7, 11) is 0. The van der Waals surface area contributed by atoms with Crippen LogP contribution in [0, 0.1) is 0 Å². The second kappa shape index (κ2) is 16.9. The van der Waals surface area contributed by atoms with Crippen molar-refractivity contribution in [2.45, 2.75) is 0 Å². The Hall–Kier alpha value is -9.18. The summed E-state index contributed by atoms with van der Waals surface area (Å²) < 4.78 is 9.01. The number of rotatable bonds is 9. The van der Waals surface area contributed by atoms with Crippen LogP contribution in [0.25, 0.3) is 105 Å². The monoisotopic (exact) mass is 880 g/mol. The lowest BCUT2D eigenvalue weighted by Gasteiger charge is -2.29. The Balaban J connectivity index is 0.967. The summed E-state index contributed by atoms with van der Waals surface area (Å²) in [6, 6.07) is 96.1. The lowest BCUT2D eigenvalue weighted by atomic mass is 9.92. The molecule has 2 aromatic heterocycles. The molecule has 0 saturated carbocycles. The Bertz CT molecular complexity index is 3970. The number of benzene rings is 11. The largest absolute Gasteiger partial charge is 0.455 e. The van der Waals surface area contributed by atoms with Gasteiger partial charge in [0, 0.05) is 49.6 Å². The fourth-order valence-corrected chi connectivity index (χ4v) is 10.5. The molecule has 69 heavy (non-hydrogen) atoms. The molecule has 0 N–H and O–H groups in total. The number of aromatic nitrogens is 1. The molecule has 0 aliphatic heterocycles. The highest BCUT2D eigenvalue weighted by molar-refractivity contribution is 6.11. The number of fused-ring (bicyclic) bond motifs is 6. The predicted molar refractivity (Wildman–Crippen MR) is 290 cm³/mol. The zero-order valence-electron chi connectivity index (χ0n) is 37.7. The number of hydrogen-bond donors (Lipinski definition) is 0. The molecule has 3 heteroatoms. The molecule has 0 unspecified atom stereocenters. The number of para-hydroxylation sites is 6. The lowest BCUT2D eigenvalue weighted by Crippen LogP contribution is -2.11. The van der Waals surface area contributed by atoms with Gasteiger partial charge in [-0.25, -0.2) is 0 Å². The fourth-order valence-electron chi connectivity index (χ4n) is 10.5. The van der Waals surface area contributed by atoms with E-state index in [2.05, 4.69) is 264 Å². The van der Waals surface area contributed by atoms with E-state index in [1.165, 1.54) is 55.2 Å². The van der Waals surface area contributed by atoms with Gasteiger partial charge in [-0.2, -0.15) is 0 Å². The second-order valence-electron chi connectivity index (χ2n) is 17.6. The molecular formula is C66H44N2O. The minimum Gasteiger partial charge on any atom is -0.455 e. The summed E-state index contributed by atoms with van der Waals surface area (Å²) in [5.41, 5.74) is 19.9. The Morgan fingerprint density at radius 3 is 1.51 bits per heavy atom. The maximum Gasteiger partial charge on any atom is 0.143 e. The van der Waals surface area contributed by atoms with Crippen LogP contribution in [0.2, 0.25) is 0 Å². The first-order chi connectivity index (χ1) is 34.3. The van der Waals surface area contributed by atoms with Crippen molar-refractivity contribution in [3.05, 3.63) is 267 Å². The average molecular weight is 881 g/mol. The van der Waals surface area contributed by atoms with Gasteiger partial charge in [0.1, 0.15) is 11.2 Å². The summed E-state index contributed by atoms with van der Waals surface area (Å²) in [5, 5.41) is 4.73. The maximum atomic E-state index is 6.59. The Morgan fingerprint density at radius 1 is 0.290 bits per heavy atom. The van der Waals surface area contributed by atoms with Gasteiger partial charge in [-0.15, -0.1) is 0 Å². The van der Waals surface area contributed by atoms with Gasteiger partial charge in [0.05, 0.1) is 22.4 Å². The molecule has 13 aromatic rings. The van der Waals surface area contributed by atoms with Crippen molar-refractivity contribution in [1.82, 2.24) is 4.57 Å². The maximum absolute atomic E-state index is 6.59. The molecule has 0 fully saturated rings. The van der Waals surface area contributed by atoms with Gasteiger partial charge in [0.15, 0.2) is 0 Å². The lowest BCUT2D eigenvalue weighted by molar-refractivity contribution is 0.670. The van der Waals surface area contributed by atoms with Gasteiger partial charge in [-0.1, -0.05) is 212 Å². The molecule has 0 amide bonds. The van der Waals surface area contributed by atoms with Gasteiger partial charge >= 0.3 is 0 Å². The summed E-state index contributed by atoms with van der Waals surface area (Å²) in [4.78, 5) is 2.41. The van der Waals surface area contributed by atoms with Crippen molar-refractivity contribution in [2.75, 3.05) is 4.90 Å². The van der Waals surface area contributed by atoms with Crippen LogP contribution in [0.5, 0.6) is 0 Å². The molecule has 0 aliphatic carbocycles. The Morgan fingerprint density at radius 2 is 0.783 bits per heavy atom. The number of nitrogens with zero attached hydrogens (tertiary/aromatic N) is 2. The van der Waals surface area contributed by atoms with Crippen molar-refractivity contribution in [3.8, 4) is 61.3 Å². The Kier molecular flexibility index (Phi) is 9.84. The van der Waals surface area contributed by atoms with Crippen LogP contribution in [0.4, 0.5) is 17.1 Å². The normalized spacial score (nSPS) is 11.5. The summed E-state index contributed by atoms with van der Waals surface area (Å²) in [6.45, 7) is 0. The average Bonchev–Trinajstić information content (AvgIpc) is 3.98. The van der Waals surface area contributed by atoms with E-state index in [1.807, 2.05) is 12.1 Å². The van der Waals surface area contributed by atoms with Crippen LogP contribution in [-0.4, -0.2) is 4.57 Å². The quantitative estimate of drug-likeness (QED) is 0.144. The van der Waals surface area contributed by atoms with Crippen LogP contribution in [0.3, 0.4) is 0 Å². The third-order valence-corrected chi connectivity index (χ3v) is 13.6. The molecular weight excluding hydrogens is 837 g/mol. The van der Waals surface area contributed by atoms with E-state index in [1.54, 1.807) is 0 Å². The summed E-state index contributed by atoms with van der Waals surface area (Å²) >= 11 is 0. The van der Waals surface area contributed by atoms with Crippen molar-refractivity contribution >= 4 is 60.8 Å². The van der Waals surface area contributed by atoms with Crippen molar-refractivity contribution < 1.29 is 4.42 Å². The molecule has 0 spiro atoms. The van der Waals surface area contributed by atoms with E-state index in [9.17, 15) is 0 Å². The molecule has 0 bridgehead atoms. The minimum absolute atomic E-state index is 0.889. The zero-order valence-corrected chi connectivity index (χ0v) is 37.7. The molecule has 3 nitrogen and oxygen atoms in total. The molecule has 324 valence electrons. The first-order valence-electron chi connectivity index (χ1n) is 23.6. The van der Waals surface area contributed by atoms with Crippen molar-refractivity contribution in [2.24, 2.45) is 0 Å². The minimum atomic E-state index is 0.889. The van der Waals surface area contributed by atoms with Crippen LogP contribution >= 0.6 is 0 Å². The zero-order chi connectivity index (χ0) is 45.7. The SMILES string of the molecule is c1ccc(-c2ccccc2-c2ccccc2N(c2ccc(-c3ccccc3-c3ccccc3-n3c4ccccc4c4ccccc43)cc2)c2cccc(-c3cccc4c3oc3ccccc34)c2)cc1. The van der Waals surface area contributed by atoms with E-state index in [4.69, 9.17) is 4.42 Å². The van der Waals surface area contributed by atoms with E-state index < -0.39 is 0 Å². The van der Waals surface area contributed by atoms with Crippen molar-refractivity contribution in [1.29, 1.82) is 0 Å². The summed E-state index contributed by atoms with van der Waals surface area (Å²) in [5.74, 6) is 0. The standard InChI is InChI=1S/C66H44N2O/c1-2-20-45(21-3-1)50-24-4-6-26-53(50)55-28-8-13-35-61(55)67(49-23-18-22-47(44-49)52-33-19-34-60-59-32-12-17-39-65(59)69-66(52)60)48-42-40-46(41-43-48)51-25-5-7-27-54(51)56-29-9-14-36-62(56)68-63-37-15-10-30-57(63)58-31-11-16-38-64(58)68/h1-44H. The van der Waals surface area contributed by atoms with E-state index >= 15 is 0 Å². The fraction of sp³-hybridized carbons (Fsp3) is 0. The number of anilines is 3. The number of hydrogen-bond acceptors (Lipinski definition) is 2. The molecule has 0 radical (unpaired) electrons. The third-order valence-electron chi connectivity index (χ3n) is 13.6. The number of furan rings is 1. The predicted octanol–water partition coefficient (Wildman–Crippen LogP) is 18.5. The third kappa shape index (κ3) is 6.91. The molecule has 2 heterocycles. The van der Waals surface area contributed by atoms with Gasteiger partial charge in [0.25, 0.3) is 0 Å². The van der Waals surface area contributed by atoms with Crippen molar-refractivity contribution in [3.63, 3.8) is 0 Å². The Labute approximate surface area is 401 Å². The van der Waals surface area contributed by atoms with Crippen LogP contribution in [-0.2, 0) is 0 Å². The smallest absolute Gasteiger partial charge is 0.143 e. The second-order valence-corrected chi connectivity index (χ2v) is 17.6. The van der Waals surface area contributed by atoms with Gasteiger partial charge in [-0.3, -0.25) is 0 Å². The molecule has 11 aromatic carbocycles. The van der Waals surface area contributed by atoms with Crippen LogP contribution in [0.15, 0.2) is 271 Å². The van der Waals surface area contributed by atoms with Crippen LogP contribution < -0.4 is 4.90 Å². The highest BCUT2D eigenvalue weighted by Gasteiger charge is 2.22. The molecule has 0 aliphatic rings. The van der Waals surface area contributed by atoms with Gasteiger partial charge in [-0.05, 0) is 93.5 Å². The first-order valence-corrected chi connectivity index (χ1v) is 23.6. The molecule has 0 atom stereocenters. The van der Waals surface area contributed by atoms with Crippen LogP contribution in [0.1, 0.15) is 0 Å². The van der Waals surface area contributed by atoms with E-state index in [0.717, 1.165) is 66.9 Å².